The Morgan fingerprint density at radius 2 is 1.84 bits per heavy atom. The number of anilines is 1. The molecule has 0 radical (unpaired) electrons. The molecule has 3 rings (SSSR count). The minimum atomic E-state index is -0.339. The Hall–Kier alpha value is -2.84. The molecule has 0 spiro atoms. The van der Waals surface area contributed by atoms with Crippen molar-refractivity contribution < 1.29 is 9.59 Å². The van der Waals surface area contributed by atoms with Gasteiger partial charge in [0.25, 0.3) is 5.91 Å². The third-order valence-corrected chi connectivity index (χ3v) is 6.12. The summed E-state index contributed by atoms with van der Waals surface area (Å²) in [7, 11) is 0. The Labute approximate surface area is 197 Å². The van der Waals surface area contributed by atoms with Crippen LogP contribution < -0.4 is 10.6 Å². The number of thioether (sulfide) groups is 1. The van der Waals surface area contributed by atoms with Gasteiger partial charge in [-0.3, -0.25) is 9.59 Å². The van der Waals surface area contributed by atoms with Crippen molar-refractivity contribution in [1.29, 1.82) is 0 Å². The highest BCUT2D eigenvalue weighted by Crippen LogP contribution is 2.23. The fourth-order valence-electron chi connectivity index (χ4n) is 3.12. The van der Waals surface area contributed by atoms with E-state index in [1.807, 2.05) is 50.5 Å². The van der Waals surface area contributed by atoms with Crippen molar-refractivity contribution >= 4 is 40.9 Å². The van der Waals surface area contributed by atoms with Crippen LogP contribution in [0, 0.1) is 13.8 Å². The molecular weight excluding hydrogens is 446 g/mol. The van der Waals surface area contributed by atoms with Gasteiger partial charge in [-0.15, -0.1) is 10.2 Å². The summed E-state index contributed by atoms with van der Waals surface area (Å²) in [5.74, 6) is 0.484. The lowest BCUT2D eigenvalue weighted by Gasteiger charge is -2.15. The van der Waals surface area contributed by atoms with E-state index in [1.54, 1.807) is 24.3 Å². The van der Waals surface area contributed by atoms with Crippen molar-refractivity contribution in [1.82, 2.24) is 20.1 Å². The van der Waals surface area contributed by atoms with Crippen molar-refractivity contribution in [3.05, 3.63) is 70.0 Å². The van der Waals surface area contributed by atoms with Crippen LogP contribution in [0.2, 0.25) is 5.02 Å². The molecule has 1 heterocycles. The predicted octanol–water partition coefficient (Wildman–Crippen LogP) is 4.79. The monoisotopic (exact) mass is 471 g/mol. The number of benzene rings is 2. The maximum atomic E-state index is 12.6. The van der Waals surface area contributed by atoms with Crippen molar-refractivity contribution in [3.8, 4) is 0 Å². The summed E-state index contributed by atoms with van der Waals surface area (Å²) < 4.78 is 1.91. The minimum Gasteiger partial charge on any atom is -0.342 e. The Morgan fingerprint density at radius 3 is 2.53 bits per heavy atom. The van der Waals surface area contributed by atoms with E-state index in [-0.39, 0.29) is 23.6 Å². The number of nitrogens with zero attached hydrogens (tertiary/aromatic N) is 3. The number of aryl methyl sites for hydroxylation is 2. The molecule has 2 amide bonds. The van der Waals surface area contributed by atoms with Crippen LogP contribution in [0.4, 0.5) is 5.69 Å². The molecule has 0 aliphatic carbocycles. The average molecular weight is 472 g/mol. The van der Waals surface area contributed by atoms with Crippen molar-refractivity contribution in [2.24, 2.45) is 0 Å². The van der Waals surface area contributed by atoms with Crippen molar-refractivity contribution in [3.63, 3.8) is 0 Å². The fraction of sp³-hybridized carbons (Fsp3) is 0.304. The van der Waals surface area contributed by atoms with E-state index in [0.29, 0.717) is 33.8 Å². The van der Waals surface area contributed by atoms with Crippen LogP contribution in [0.5, 0.6) is 0 Å². The van der Waals surface area contributed by atoms with Gasteiger partial charge in [0.05, 0.1) is 11.8 Å². The van der Waals surface area contributed by atoms with Crippen LogP contribution >= 0.6 is 23.4 Å². The summed E-state index contributed by atoms with van der Waals surface area (Å²) in [4.78, 5) is 25.0. The summed E-state index contributed by atoms with van der Waals surface area (Å²) in [6.07, 6.45) is 0. The van der Waals surface area contributed by atoms with Gasteiger partial charge in [-0.25, -0.2) is 0 Å². The Morgan fingerprint density at radius 1 is 1.12 bits per heavy atom. The number of carbonyl (C=O) groups excluding carboxylic acids is 2. The van der Waals surface area contributed by atoms with Crippen molar-refractivity contribution in [2.45, 2.75) is 45.4 Å². The third-order valence-electron chi connectivity index (χ3n) is 4.92. The van der Waals surface area contributed by atoms with Crippen LogP contribution in [0.15, 0.2) is 47.6 Å². The summed E-state index contributed by atoms with van der Waals surface area (Å²) in [6.45, 7) is 8.34. The van der Waals surface area contributed by atoms with Crippen molar-refractivity contribution in [2.75, 3.05) is 11.1 Å². The standard InChI is InChI=1S/C23H26ClN5O2S/c1-5-29-21(16(4)25-22(31)17-9-6-14(2)7-10-17)27-28-23(29)32-13-20(30)26-19-12-18(24)11-8-15(19)3/h6-12,16H,5,13H2,1-4H3,(H,25,31)(H,26,30)/t16-/m0/s1. The van der Waals surface area contributed by atoms with E-state index in [1.165, 1.54) is 11.8 Å². The molecule has 168 valence electrons. The fourth-order valence-corrected chi connectivity index (χ4v) is 4.10. The average Bonchev–Trinajstić information content (AvgIpc) is 3.18. The quantitative estimate of drug-likeness (QED) is 0.461. The van der Waals surface area contributed by atoms with Crippen LogP contribution in [-0.2, 0) is 11.3 Å². The smallest absolute Gasteiger partial charge is 0.251 e. The molecule has 0 unspecified atom stereocenters. The van der Waals surface area contributed by atoms with E-state index in [2.05, 4.69) is 20.8 Å². The number of nitrogens with one attached hydrogen (secondary N) is 2. The van der Waals surface area contributed by atoms with E-state index in [4.69, 9.17) is 11.6 Å². The Balaban J connectivity index is 1.63. The number of hydrogen-bond donors (Lipinski definition) is 2. The highest BCUT2D eigenvalue weighted by atomic mass is 35.5. The molecule has 2 N–H and O–H groups in total. The number of aromatic nitrogens is 3. The first-order chi connectivity index (χ1) is 15.3. The molecule has 1 aromatic heterocycles. The molecule has 2 aromatic carbocycles. The Bertz CT molecular complexity index is 1110. The lowest BCUT2D eigenvalue weighted by molar-refractivity contribution is -0.113. The molecule has 0 bridgehead atoms. The second kappa shape index (κ2) is 10.7. The number of amides is 2. The van der Waals surface area contributed by atoms with Gasteiger partial charge in [0.2, 0.25) is 5.91 Å². The minimum absolute atomic E-state index is 0.159. The zero-order valence-corrected chi connectivity index (χ0v) is 20.0. The van der Waals surface area contributed by atoms with E-state index >= 15 is 0 Å². The van der Waals surface area contributed by atoms with Gasteiger partial charge in [-0.2, -0.15) is 0 Å². The van der Waals surface area contributed by atoms with Crippen LogP contribution in [0.1, 0.15) is 47.2 Å². The molecule has 32 heavy (non-hydrogen) atoms. The predicted molar refractivity (Wildman–Crippen MR) is 128 cm³/mol. The zero-order chi connectivity index (χ0) is 23.3. The summed E-state index contributed by atoms with van der Waals surface area (Å²) in [5.41, 5.74) is 3.31. The third kappa shape index (κ3) is 5.89. The molecule has 7 nitrogen and oxygen atoms in total. The number of rotatable bonds is 8. The number of halogens is 1. The highest BCUT2D eigenvalue weighted by Gasteiger charge is 2.20. The van der Waals surface area contributed by atoms with Gasteiger partial charge >= 0.3 is 0 Å². The van der Waals surface area contributed by atoms with Gasteiger partial charge < -0.3 is 15.2 Å². The lowest BCUT2D eigenvalue weighted by atomic mass is 10.1. The number of hydrogen-bond acceptors (Lipinski definition) is 5. The van der Waals surface area contributed by atoms with Gasteiger partial charge in [-0.1, -0.05) is 47.1 Å². The molecule has 1 atom stereocenters. The first kappa shape index (κ1) is 23.8. The van der Waals surface area contributed by atoms with Crippen LogP contribution in [-0.4, -0.2) is 32.3 Å². The van der Waals surface area contributed by atoms with Gasteiger partial charge in [0, 0.05) is 22.8 Å². The normalized spacial score (nSPS) is 11.8. The van der Waals surface area contributed by atoms with Gasteiger partial charge in [0.15, 0.2) is 11.0 Å². The van der Waals surface area contributed by atoms with Crippen LogP contribution in [0.25, 0.3) is 0 Å². The largest absolute Gasteiger partial charge is 0.342 e. The number of carbonyl (C=O) groups is 2. The summed E-state index contributed by atoms with van der Waals surface area (Å²) in [5, 5.41) is 15.5. The van der Waals surface area contributed by atoms with Gasteiger partial charge in [-0.05, 0) is 57.5 Å². The molecule has 0 aliphatic rings. The second-order valence-electron chi connectivity index (χ2n) is 7.44. The summed E-state index contributed by atoms with van der Waals surface area (Å²) >= 11 is 7.31. The molecule has 0 fully saturated rings. The molecule has 0 aliphatic heterocycles. The van der Waals surface area contributed by atoms with Gasteiger partial charge in [0.1, 0.15) is 0 Å². The molecule has 0 saturated carbocycles. The SMILES string of the molecule is CCn1c(SCC(=O)Nc2cc(Cl)ccc2C)nnc1[C@H](C)NC(=O)c1ccc(C)cc1. The highest BCUT2D eigenvalue weighted by molar-refractivity contribution is 7.99. The maximum absolute atomic E-state index is 12.6. The Kier molecular flexibility index (Phi) is 7.93. The second-order valence-corrected chi connectivity index (χ2v) is 8.82. The first-order valence-corrected chi connectivity index (χ1v) is 11.6. The van der Waals surface area contributed by atoms with E-state index in [0.717, 1.165) is 11.1 Å². The maximum Gasteiger partial charge on any atom is 0.251 e. The first-order valence-electron chi connectivity index (χ1n) is 10.3. The lowest BCUT2D eigenvalue weighted by Crippen LogP contribution is -2.28. The molecular formula is C23H26ClN5O2S. The van der Waals surface area contributed by atoms with E-state index < -0.39 is 0 Å². The topological polar surface area (TPSA) is 88.9 Å². The molecule has 0 saturated heterocycles. The zero-order valence-electron chi connectivity index (χ0n) is 18.5. The van der Waals surface area contributed by atoms with E-state index in [9.17, 15) is 9.59 Å². The molecule has 3 aromatic rings. The molecule has 9 heteroatoms. The van der Waals surface area contributed by atoms with Crippen LogP contribution in [0.3, 0.4) is 0 Å². The summed E-state index contributed by atoms with van der Waals surface area (Å²) in [6, 6.07) is 12.4.